The molecule has 2 atom stereocenters. The summed E-state index contributed by atoms with van der Waals surface area (Å²) in [4.78, 5) is 18.6. The van der Waals surface area contributed by atoms with E-state index in [9.17, 15) is 4.79 Å². The second-order valence-electron chi connectivity index (χ2n) is 7.75. The van der Waals surface area contributed by atoms with Crippen LogP contribution in [0.2, 0.25) is 0 Å². The van der Waals surface area contributed by atoms with E-state index in [4.69, 9.17) is 0 Å². The third-order valence-corrected chi connectivity index (χ3v) is 5.89. The molecular weight excluding hydrogens is 410 g/mol. The molecule has 0 aliphatic heterocycles. The van der Waals surface area contributed by atoms with Gasteiger partial charge in [0.15, 0.2) is 0 Å². The van der Waals surface area contributed by atoms with E-state index in [2.05, 4.69) is 52.5 Å². The smallest absolute Gasteiger partial charge is 0.270 e. The molecule has 1 aliphatic rings. The molecule has 1 heterocycles. The first-order chi connectivity index (χ1) is 13.7. The Hall–Kier alpha value is -1.89. The van der Waals surface area contributed by atoms with E-state index in [0.29, 0.717) is 17.8 Å². The molecule has 0 saturated heterocycles. The molecule has 1 amide bonds. The number of hydrogen-bond donors (Lipinski definition) is 2. The Morgan fingerprint density at radius 3 is 2.53 bits per heavy atom. The fourth-order valence-electron chi connectivity index (χ4n) is 4.40. The summed E-state index contributed by atoms with van der Waals surface area (Å²) in [5.74, 6) is 0.118. The van der Waals surface area contributed by atoms with Crippen LogP contribution in [-0.4, -0.2) is 34.4 Å². The van der Waals surface area contributed by atoms with Gasteiger partial charge < -0.3 is 15.2 Å². The van der Waals surface area contributed by atoms with Gasteiger partial charge >= 0.3 is 0 Å². The fourth-order valence-corrected chi connectivity index (χ4v) is 4.40. The van der Waals surface area contributed by atoms with Crippen LogP contribution < -0.4 is 5.32 Å². The van der Waals surface area contributed by atoms with Gasteiger partial charge in [-0.3, -0.25) is 4.79 Å². The summed E-state index contributed by atoms with van der Waals surface area (Å²) in [5, 5.41) is 4.79. The van der Waals surface area contributed by atoms with Crippen molar-refractivity contribution in [3.05, 3.63) is 71.9 Å². The first-order valence-electron chi connectivity index (χ1n) is 10.4. The summed E-state index contributed by atoms with van der Waals surface area (Å²) in [6.45, 7) is 3.71. The summed E-state index contributed by atoms with van der Waals surface area (Å²) in [5.41, 5.74) is 3.03. The van der Waals surface area contributed by atoms with Gasteiger partial charge in [-0.25, -0.2) is 0 Å². The zero-order chi connectivity index (χ0) is 19.3. The van der Waals surface area contributed by atoms with Gasteiger partial charge in [0.25, 0.3) is 5.91 Å². The van der Waals surface area contributed by atoms with Gasteiger partial charge in [-0.15, -0.1) is 0 Å². The van der Waals surface area contributed by atoms with E-state index >= 15 is 0 Å². The molecule has 0 unspecified atom stereocenters. The van der Waals surface area contributed by atoms with E-state index in [0.717, 1.165) is 43.3 Å². The minimum absolute atomic E-state index is 0. The molecule has 0 spiro atoms. The molecule has 1 saturated carbocycles. The second-order valence-corrected chi connectivity index (χ2v) is 7.75. The van der Waals surface area contributed by atoms with Crippen LogP contribution in [0, 0.1) is 0 Å². The lowest BCUT2D eigenvalue weighted by Crippen LogP contribution is -2.46. The maximum absolute atomic E-state index is 13.2. The van der Waals surface area contributed by atoms with Gasteiger partial charge in [-0.2, -0.15) is 27.0 Å². The Morgan fingerprint density at radius 1 is 1.07 bits per heavy atom. The minimum atomic E-state index is 0. The molecule has 1 fully saturated rings. The van der Waals surface area contributed by atoms with Crippen molar-refractivity contribution in [1.29, 1.82) is 0 Å². The summed E-state index contributed by atoms with van der Waals surface area (Å²) in [7, 11) is 0. The first-order valence-corrected chi connectivity index (χ1v) is 10.4. The molecule has 30 heavy (non-hydrogen) atoms. The van der Waals surface area contributed by atoms with Gasteiger partial charge in [0, 0.05) is 36.1 Å². The van der Waals surface area contributed by atoms with Crippen molar-refractivity contribution in [2.45, 2.75) is 51.2 Å². The summed E-state index contributed by atoms with van der Waals surface area (Å²) >= 11 is 0. The van der Waals surface area contributed by atoms with Crippen molar-refractivity contribution >= 4 is 43.8 Å². The number of rotatable bonds is 6. The molecule has 6 heteroatoms. The average Bonchev–Trinajstić information content (AvgIpc) is 3.18. The normalized spacial score (nSPS) is 18.3. The highest BCUT2D eigenvalue weighted by atomic mass is 32.1. The average molecular weight is 444 g/mol. The van der Waals surface area contributed by atoms with Gasteiger partial charge in [0.2, 0.25) is 0 Å². The Bertz CT molecular complexity index is 895. The SMILES string of the molecule is CCN(C(=O)c1cc2ccccc2[nH]1)[C@H]1CCC[C@H](NCc2ccccc2)C1.S.S. The standard InChI is InChI=1S/C24H29N3O.2H2S/c1-2-27(24(28)23-15-19-11-6-7-14-22(19)26-23)21-13-8-12-20(16-21)25-17-18-9-4-3-5-10-18;;/h3-7,9-11,14-15,20-21,25-26H,2,8,12-13,16-17H2,1H3;2*1H2/t20-,21-;;/m0../s1. The third kappa shape index (κ3) is 5.62. The van der Waals surface area contributed by atoms with Crippen LogP contribution in [0.15, 0.2) is 60.7 Å². The zero-order valence-corrected chi connectivity index (χ0v) is 19.5. The Kier molecular flexibility index (Phi) is 9.34. The largest absolute Gasteiger partial charge is 0.351 e. The van der Waals surface area contributed by atoms with Gasteiger partial charge in [-0.1, -0.05) is 48.5 Å². The number of amides is 1. The molecule has 162 valence electrons. The highest BCUT2D eigenvalue weighted by Gasteiger charge is 2.29. The highest BCUT2D eigenvalue weighted by molar-refractivity contribution is 7.59. The number of aromatic nitrogens is 1. The molecule has 4 nitrogen and oxygen atoms in total. The van der Waals surface area contributed by atoms with E-state index in [1.807, 2.05) is 30.3 Å². The van der Waals surface area contributed by atoms with E-state index in [-0.39, 0.29) is 32.9 Å². The number of carbonyl (C=O) groups excluding carboxylic acids is 1. The molecule has 2 aromatic carbocycles. The van der Waals surface area contributed by atoms with Crippen LogP contribution in [0.1, 0.15) is 48.7 Å². The Labute approximate surface area is 193 Å². The molecule has 4 rings (SSSR count). The maximum Gasteiger partial charge on any atom is 0.270 e. The second kappa shape index (κ2) is 11.5. The number of nitrogens with zero attached hydrogens (tertiary/aromatic N) is 1. The van der Waals surface area contributed by atoms with E-state index in [1.54, 1.807) is 0 Å². The maximum atomic E-state index is 13.2. The lowest BCUT2D eigenvalue weighted by molar-refractivity contribution is 0.0623. The number of nitrogens with one attached hydrogen (secondary N) is 2. The van der Waals surface area contributed by atoms with Crippen LogP contribution in [-0.2, 0) is 6.54 Å². The quantitative estimate of drug-likeness (QED) is 0.566. The zero-order valence-electron chi connectivity index (χ0n) is 17.5. The summed E-state index contributed by atoms with van der Waals surface area (Å²) in [6.07, 6.45) is 4.45. The number of aromatic amines is 1. The van der Waals surface area contributed by atoms with Crippen LogP contribution in [0.3, 0.4) is 0 Å². The van der Waals surface area contributed by atoms with Crippen molar-refractivity contribution in [1.82, 2.24) is 15.2 Å². The van der Waals surface area contributed by atoms with Gasteiger partial charge in [0.1, 0.15) is 5.69 Å². The van der Waals surface area contributed by atoms with Crippen LogP contribution in [0.4, 0.5) is 0 Å². The van der Waals surface area contributed by atoms with Gasteiger partial charge in [-0.05, 0) is 50.3 Å². The number of H-pyrrole nitrogens is 1. The van der Waals surface area contributed by atoms with Crippen LogP contribution in [0.25, 0.3) is 10.9 Å². The summed E-state index contributed by atoms with van der Waals surface area (Å²) < 4.78 is 0. The molecule has 1 aliphatic carbocycles. The predicted molar refractivity (Wildman–Crippen MR) is 135 cm³/mol. The summed E-state index contributed by atoms with van der Waals surface area (Å²) in [6, 6.07) is 21.3. The van der Waals surface area contributed by atoms with Crippen molar-refractivity contribution in [2.75, 3.05) is 6.54 Å². The van der Waals surface area contributed by atoms with Crippen molar-refractivity contribution < 1.29 is 4.79 Å². The third-order valence-electron chi connectivity index (χ3n) is 5.89. The Morgan fingerprint density at radius 2 is 1.80 bits per heavy atom. The number of fused-ring (bicyclic) bond motifs is 1. The van der Waals surface area contributed by atoms with Crippen molar-refractivity contribution in [3.8, 4) is 0 Å². The Balaban J connectivity index is 0.00000160. The number of para-hydroxylation sites is 1. The molecule has 0 bridgehead atoms. The molecule has 1 aromatic heterocycles. The van der Waals surface area contributed by atoms with E-state index in [1.165, 1.54) is 12.0 Å². The fraction of sp³-hybridized carbons (Fsp3) is 0.375. The molecule has 0 radical (unpaired) electrons. The molecule has 2 N–H and O–H groups in total. The van der Waals surface area contributed by atoms with Crippen LogP contribution in [0.5, 0.6) is 0 Å². The molecule has 3 aromatic rings. The monoisotopic (exact) mass is 443 g/mol. The predicted octanol–water partition coefficient (Wildman–Crippen LogP) is 4.96. The lowest BCUT2D eigenvalue weighted by Gasteiger charge is -2.37. The van der Waals surface area contributed by atoms with Crippen molar-refractivity contribution in [3.63, 3.8) is 0 Å². The minimum Gasteiger partial charge on any atom is -0.351 e. The first kappa shape index (κ1) is 24.4. The number of carbonyl (C=O) groups is 1. The van der Waals surface area contributed by atoms with Gasteiger partial charge in [0.05, 0.1) is 0 Å². The number of benzene rings is 2. The van der Waals surface area contributed by atoms with Crippen molar-refractivity contribution in [2.24, 2.45) is 0 Å². The highest BCUT2D eigenvalue weighted by Crippen LogP contribution is 2.25. The molecular formula is C24H33N3OS2. The lowest BCUT2D eigenvalue weighted by atomic mass is 9.89. The number of hydrogen-bond acceptors (Lipinski definition) is 2. The van der Waals surface area contributed by atoms with Crippen LogP contribution >= 0.6 is 27.0 Å². The van der Waals surface area contributed by atoms with E-state index < -0.39 is 0 Å². The topological polar surface area (TPSA) is 48.1 Å².